The molecule has 0 aromatic heterocycles. The molecular weight excluding hydrogens is 200 g/mol. The van der Waals surface area contributed by atoms with Crippen LogP contribution < -0.4 is 10.6 Å². The minimum atomic E-state index is -2.90. The van der Waals surface area contributed by atoms with Crippen molar-refractivity contribution in [1.29, 1.82) is 0 Å². The van der Waals surface area contributed by atoms with Crippen molar-refractivity contribution < 1.29 is 8.42 Å². The Morgan fingerprint density at radius 2 is 2.36 bits per heavy atom. The average molecular weight is 216 g/mol. The van der Waals surface area contributed by atoms with Crippen molar-refractivity contribution in [3.8, 4) is 0 Å². The molecule has 0 spiro atoms. The summed E-state index contributed by atoms with van der Waals surface area (Å²) in [5, 5.41) is 7.93. The van der Waals surface area contributed by atoms with Gasteiger partial charge in [-0.3, -0.25) is 0 Å². The summed E-state index contributed by atoms with van der Waals surface area (Å²) >= 11 is 0. The van der Waals surface area contributed by atoms with Gasteiger partial charge in [0.15, 0.2) is 9.84 Å². The van der Waals surface area contributed by atoms with E-state index in [-0.39, 0.29) is 11.8 Å². The molecule has 1 fully saturated rings. The zero-order chi connectivity index (χ0) is 10.0. The first-order valence-corrected chi connectivity index (χ1v) is 6.75. The smallest absolute Gasteiger partial charge is 0.173 e. The summed E-state index contributed by atoms with van der Waals surface area (Å²) in [5.74, 6) is 0.222. The largest absolute Gasteiger partial charge is 0.313 e. The van der Waals surface area contributed by atoms with Crippen LogP contribution in [0.25, 0.3) is 0 Å². The molecular formula is C9H16N2O2S. The minimum absolute atomic E-state index is 0.0161. The number of nitrogens with one attached hydrogen (secondary N) is 2. The van der Waals surface area contributed by atoms with Gasteiger partial charge in [0, 0.05) is 24.0 Å². The SMILES string of the molecule is O=S1(=O)C=CC(NCC2CCCN2)C1. The van der Waals surface area contributed by atoms with E-state index in [2.05, 4.69) is 10.6 Å². The maximum absolute atomic E-state index is 11.1. The van der Waals surface area contributed by atoms with E-state index in [0.29, 0.717) is 6.04 Å². The molecule has 0 aliphatic carbocycles. The van der Waals surface area contributed by atoms with Gasteiger partial charge in [-0.15, -0.1) is 0 Å². The number of rotatable bonds is 3. The predicted octanol–water partition coefficient (Wildman–Crippen LogP) is -0.361. The van der Waals surface area contributed by atoms with Gasteiger partial charge in [0.05, 0.1) is 5.75 Å². The topological polar surface area (TPSA) is 58.2 Å². The molecule has 14 heavy (non-hydrogen) atoms. The van der Waals surface area contributed by atoms with Crippen LogP contribution in [0.2, 0.25) is 0 Å². The summed E-state index contributed by atoms with van der Waals surface area (Å²) in [6, 6.07) is 0.536. The Bertz CT molecular complexity index is 318. The van der Waals surface area contributed by atoms with Crippen LogP contribution in [0.15, 0.2) is 11.5 Å². The van der Waals surface area contributed by atoms with Crippen molar-refractivity contribution in [3.05, 3.63) is 11.5 Å². The van der Waals surface area contributed by atoms with Gasteiger partial charge in [-0.2, -0.15) is 0 Å². The highest BCUT2D eigenvalue weighted by atomic mass is 32.2. The lowest BCUT2D eigenvalue weighted by Crippen LogP contribution is -2.39. The molecule has 2 aliphatic heterocycles. The first-order chi connectivity index (χ1) is 6.66. The summed E-state index contributed by atoms with van der Waals surface area (Å²) in [6.07, 6.45) is 4.16. The molecule has 2 rings (SSSR count). The van der Waals surface area contributed by atoms with Crippen molar-refractivity contribution in [2.45, 2.75) is 24.9 Å². The second-order valence-corrected chi connectivity index (χ2v) is 5.90. The maximum atomic E-state index is 11.1. The molecule has 2 aliphatic rings. The molecule has 5 heteroatoms. The molecule has 0 saturated carbocycles. The van der Waals surface area contributed by atoms with Crippen LogP contribution >= 0.6 is 0 Å². The molecule has 0 radical (unpaired) electrons. The Morgan fingerprint density at radius 3 is 2.93 bits per heavy atom. The lowest BCUT2D eigenvalue weighted by atomic mass is 10.2. The molecule has 4 nitrogen and oxygen atoms in total. The summed E-state index contributed by atoms with van der Waals surface area (Å²) in [4.78, 5) is 0. The van der Waals surface area contributed by atoms with Crippen LogP contribution in [0.5, 0.6) is 0 Å². The van der Waals surface area contributed by atoms with Crippen molar-refractivity contribution in [2.75, 3.05) is 18.8 Å². The second-order valence-electron chi connectivity index (χ2n) is 3.97. The highest BCUT2D eigenvalue weighted by Gasteiger charge is 2.22. The third kappa shape index (κ3) is 2.56. The van der Waals surface area contributed by atoms with Crippen LogP contribution in [0.3, 0.4) is 0 Å². The van der Waals surface area contributed by atoms with E-state index < -0.39 is 9.84 Å². The monoisotopic (exact) mass is 216 g/mol. The molecule has 0 bridgehead atoms. The lowest BCUT2D eigenvalue weighted by molar-refractivity contribution is 0.516. The first kappa shape index (κ1) is 10.1. The zero-order valence-electron chi connectivity index (χ0n) is 8.07. The van der Waals surface area contributed by atoms with E-state index >= 15 is 0 Å². The molecule has 2 atom stereocenters. The van der Waals surface area contributed by atoms with Gasteiger partial charge in [0.25, 0.3) is 0 Å². The average Bonchev–Trinajstić information content (AvgIpc) is 2.70. The highest BCUT2D eigenvalue weighted by molar-refractivity contribution is 7.94. The number of hydrogen-bond donors (Lipinski definition) is 2. The van der Waals surface area contributed by atoms with Crippen LogP contribution in [0.4, 0.5) is 0 Å². The van der Waals surface area contributed by atoms with Crippen molar-refractivity contribution in [1.82, 2.24) is 10.6 Å². The Labute approximate surface area is 84.7 Å². The predicted molar refractivity (Wildman–Crippen MR) is 55.7 cm³/mol. The van der Waals surface area contributed by atoms with Gasteiger partial charge in [-0.05, 0) is 19.4 Å². The van der Waals surface area contributed by atoms with Crippen LogP contribution in [-0.4, -0.2) is 39.3 Å². The Morgan fingerprint density at radius 1 is 1.50 bits per heavy atom. The lowest BCUT2D eigenvalue weighted by Gasteiger charge is -2.14. The minimum Gasteiger partial charge on any atom is -0.313 e. The molecule has 1 saturated heterocycles. The molecule has 2 heterocycles. The Hall–Kier alpha value is -0.390. The van der Waals surface area contributed by atoms with Crippen molar-refractivity contribution in [3.63, 3.8) is 0 Å². The fourth-order valence-electron chi connectivity index (χ4n) is 1.93. The van der Waals surface area contributed by atoms with Gasteiger partial charge in [-0.1, -0.05) is 6.08 Å². The van der Waals surface area contributed by atoms with Crippen LogP contribution in [-0.2, 0) is 9.84 Å². The zero-order valence-corrected chi connectivity index (χ0v) is 8.89. The first-order valence-electron chi connectivity index (χ1n) is 5.03. The summed E-state index contributed by atoms with van der Waals surface area (Å²) in [7, 11) is -2.90. The van der Waals surface area contributed by atoms with E-state index in [1.807, 2.05) is 0 Å². The van der Waals surface area contributed by atoms with E-state index in [1.54, 1.807) is 6.08 Å². The van der Waals surface area contributed by atoms with Gasteiger partial charge in [-0.25, -0.2) is 8.42 Å². The van der Waals surface area contributed by atoms with E-state index in [4.69, 9.17) is 0 Å². The van der Waals surface area contributed by atoms with Gasteiger partial charge < -0.3 is 10.6 Å². The number of hydrogen-bond acceptors (Lipinski definition) is 4. The van der Waals surface area contributed by atoms with E-state index in [0.717, 1.165) is 13.1 Å². The molecule has 0 aromatic rings. The second kappa shape index (κ2) is 4.00. The summed E-state index contributed by atoms with van der Waals surface area (Å²) in [5.41, 5.74) is 0. The highest BCUT2D eigenvalue weighted by Crippen LogP contribution is 2.09. The third-order valence-corrected chi connectivity index (χ3v) is 4.11. The normalized spacial score (nSPS) is 35.1. The van der Waals surface area contributed by atoms with E-state index in [1.165, 1.54) is 18.2 Å². The standard InChI is InChI=1S/C9H16N2O2S/c12-14(13)5-3-9(7-14)11-6-8-2-1-4-10-8/h3,5,8-11H,1-2,4,6-7H2. The molecule has 2 N–H and O–H groups in total. The molecule has 80 valence electrons. The van der Waals surface area contributed by atoms with Crippen LogP contribution in [0, 0.1) is 0 Å². The van der Waals surface area contributed by atoms with Gasteiger partial charge in [0.2, 0.25) is 0 Å². The Balaban J connectivity index is 1.75. The van der Waals surface area contributed by atoms with Crippen LogP contribution in [0.1, 0.15) is 12.8 Å². The van der Waals surface area contributed by atoms with Gasteiger partial charge in [0.1, 0.15) is 0 Å². The fraction of sp³-hybridized carbons (Fsp3) is 0.778. The van der Waals surface area contributed by atoms with Crippen molar-refractivity contribution >= 4 is 9.84 Å². The Kier molecular flexibility index (Phi) is 2.90. The molecule has 0 amide bonds. The quantitative estimate of drug-likeness (QED) is 0.676. The fourth-order valence-corrected chi connectivity index (χ4v) is 3.20. The van der Waals surface area contributed by atoms with Gasteiger partial charge >= 0.3 is 0 Å². The van der Waals surface area contributed by atoms with Crippen molar-refractivity contribution in [2.24, 2.45) is 0 Å². The molecule has 0 aromatic carbocycles. The van der Waals surface area contributed by atoms with E-state index in [9.17, 15) is 8.42 Å². The third-order valence-electron chi connectivity index (χ3n) is 2.72. The summed E-state index contributed by atoms with van der Waals surface area (Å²) in [6.45, 7) is 1.95. The maximum Gasteiger partial charge on any atom is 0.173 e. The summed E-state index contributed by atoms with van der Waals surface area (Å²) < 4.78 is 22.2. The number of sulfone groups is 1. The molecule has 2 unspecified atom stereocenters.